The molecule has 6 heteroatoms. The molecule has 2 aromatic rings. The largest absolute Gasteiger partial charge is 0.315 e. The predicted octanol–water partition coefficient (Wildman–Crippen LogP) is 1.53. The number of nitrogens with zero attached hydrogens (tertiary/aromatic N) is 3. The van der Waals surface area contributed by atoms with Crippen molar-refractivity contribution in [3.63, 3.8) is 0 Å². The van der Waals surface area contributed by atoms with E-state index < -0.39 is 0 Å². The molecular formula is C15H19ClN4O. The second kappa shape index (κ2) is 6.13. The van der Waals surface area contributed by atoms with E-state index in [1.54, 1.807) is 24.4 Å². The molecule has 3 rings (SSSR count). The van der Waals surface area contributed by atoms with E-state index in [2.05, 4.69) is 22.2 Å². The van der Waals surface area contributed by atoms with Gasteiger partial charge in [-0.25, -0.2) is 4.98 Å². The van der Waals surface area contributed by atoms with Crippen LogP contribution in [-0.2, 0) is 6.54 Å². The highest BCUT2D eigenvalue weighted by molar-refractivity contribution is 6.30. The quantitative estimate of drug-likeness (QED) is 0.934. The number of halogens is 1. The topological polar surface area (TPSA) is 49.6 Å². The van der Waals surface area contributed by atoms with E-state index in [1.807, 2.05) is 0 Å². The van der Waals surface area contributed by atoms with E-state index in [9.17, 15) is 4.79 Å². The molecule has 1 unspecified atom stereocenters. The normalized spacial score (nSPS) is 19.3. The number of fused-ring (bicyclic) bond motifs is 1. The molecule has 1 atom stereocenters. The first-order chi connectivity index (χ1) is 10.1. The lowest BCUT2D eigenvalue weighted by Gasteiger charge is -2.31. The van der Waals surface area contributed by atoms with E-state index in [0.29, 0.717) is 23.3 Å². The lowest BCUT2D eigenvalue weighted by molar-refractivity contribution is 0.194. The highest BCUT2D eigenvalue weighted by atomic mass is 35.5. The van der Waals surface area contributed by atoms with E-state index in [0.717, 1.165) is 18.8 Å². The molecule has 2 aromatic heterocycles. The van der Waals surface area contributed by atoms with Crippen LogP contribution in [-0.4, -0.2) is 40.5 Å². The third-order valence-electron chi connectivity index (χ3n) is 3.98. The Bertz CT molecular complexity index is 694. The molecule has 1 fully saturated rings. The molecular weight excluding hydrogens is 288 g/mol. The number of hydrogen-bond acceptors (Lipinski definition) is 4. The summed E-state index contributed by atoms with van der Waals surface area (Å²) in [5, 5.41) is 3.94. The van der Waals surface area contributed by atoms with Gasteiger partial charge in [0.15, 0.2) is 0 Å². The third kappa shape index (κ3) is 3.26. The van der Waals surface area contributed by atoms with E-state index in [4.69, 9.17) is 11.6 Å². The van der Waals surface area contributed by atoms with Gasteiger partial charge in [0.25, 0.3) is 5.56 Å². The minimum atomic E-state index is -0.0901. The van der Waals surface area contributed by atoms with Crippen LogP contribution in [0.5, 0.6) is 0 Å². The van der Waals surface area contributed by atoms with Crippen LogP contribution in [0.2, 0.25) is 5.02 Å². The molecule has 1 aliphatic rings. The molecule has 0 radical (unpaired) electrons. The Morgan fingerprint density at radius 3 is 3.14 bits per heavy atom. The Kier molecular flexibility index (Phi) is 4.24. The first-order valence-electron chi connectivity index (χ1n) is 7.22. The maximum absolute atomic E-state index is 12.1. The summed E-state index contributed by atoms with van der Waals surface area (Å²) in [4.78, 5) is 19.0. The summed E-state index contributed by atoms with van der Waals surface area (Å²) in [6.07, 6.45) is 3.98. The van der Waals surface area contributed by atoms with Gasteiger partial charge in [-0.2, -0.15) is 0 Å². The lowest BCUT2D eigenvalue weighted by atomic mass is 10.1. The van der Waals surface area contributed by atoms with Gasteiger partial charge in [0.1, 0.15) is 5.65 Å². The van der Waals surface area contributed by atoms with Gasteiger partial charge in [-0.1, -0.05) is 11.6 Å². The third-order valence-corrected chi connectivity index (χ3v) is 4.21. The summed E-state index contributed by atoms with van der Waals surface area (Å²) in [5.74, 6) is 0. The fraction of sp³-hybridized carbons (Fsp3) is 0.467. The van der Waals surface area contributed by atoms with Crippen molar-refractivity contribution in [1.29, 1.82) is 0 Å². The van der Waals surface area contributed by atoms with Crippen LogP contribution in [0, 0.1) is 0 Å². The van der Waals surface area contributed by atoms with Gasteiger partial charge in [-0.05, 0) is 38.6 Å². The van der Waals surface area contributed by atoms with Gasteiger partial charge < -0.3 is 5.32 Å². The van der Waals surface area contributed by atoms with Gasteiger partial charge in [0, 0.05) is 31.4 Å². The molecule has 3 heterocycles. The smallest absolute Gasteiger partial charge is 0.258 e. The van der Waals surface area contributed by atoms with E-state index in [1.165, 1.54) is 17.2 Å². The van der Waals surface area contributed by atoms with E-state index in [-0.39, 0.29) is 5.56 Å². The van der Waals surface area contributed by atoms with Crippen molar-refractivity contribution in [2.45, 2.75) is 25.4 Å². The summed E-state index contributed by atoms with van der Waals surface area (Å²) >= 11 is 5.91. The molecule has 1 aliphatic heterocycles. The molecule has 0 saturated carbocycles. The minimum absolute atomic E-state index is 0.0901. The Hall–Kier alpha value is -1.43. The molecule has 1 N–H and O–H groups in total. The maximum Gasteiger partial charge on any atom is 0.258 e. The average Bonchev–Trinajstić information content (AvgIpc) is 2.49. The molecule has 21 heavy (non-hydrogen) atoms. The van der Waals surface area contributed by atoms with Gasteiger partial charge >= 0.3 is 0 Å². The van der Waals surface area contributed by atoms with Crippen molar-refractivity contribution >= 4 is 17.2 Å². The molecule has 0 bridgehead atoms. The molecule has 5 nitrogen and oxygen atoms in total. The van der Waals surface area contributed by atoms with Gasteiger partial charge in [-0.3, -0.25) is 14.1 Å². The van der Waals surface area contributed by atoms with E-state index >= 15 is 0 Å². The molecule has 112 valence electrons. The number of hydrogen-bond donors (Lipinski definition) is 1. The SMILES string of the molecule is CN(Cc1cc(=O)n2cc(Cl)ccc2n1)C1CCCNC1. The van der Waals surface area contributed by atoms with Crippen LogP contribution < -0.4 is 10.9 Å². The lowest BCUT2D eigenvalue weighted by Crippen LogP contribution is -2.43. The monoisotopic (exact) mass is 306 g/mol. The summed E-state index contributed by atoms with van der Waals surface area (Å²) < 4.78 is 1.48. The Morgan fingerprint density at radius 2 is 2.38 bits per heavy atom. The zero-order valence-corrected chi connectivity index (χ0v) is 12.8. The fourth-order valence-corrected chi connectivity index (χ4v) is 2.96. The van der Waals surface area contributed by atoms with Gasteiger partial charge in [0.05, 0.1) is 10.7 Å². The van der Waals surface area contributed by atoms with Crippen molar-refractivity contribution in [3.05, 3.63) is 45.5 Å². The summed E-state index contributed by atoms with van der Waals surface area (Å²) in [6.45, 7) is 2.78. The van der Waals surface area contributed by atoms with Crippen molar-refractivity contribution in [1.82, 2.24) is 19.6 Å². The first-order valence-corrected chi connectivity index (χ1v) is 7.60. The molecule has 0 aromatic carbocycles. The van der Waals surface area contributed by atoms with Crippen LogP contribution in [0.25, 0.3) is 5.65 Å². The molecule has 0 amide bonds. The predicted molar refractivity (Wildman–Crippen MR) is 83.8 cm³/mol. The second-order valence-corrected chi connectivity index (χ2v) is 6.01. The van der Waals surface area contributed by atoms with Crippen molar-refractivity contribution in [2.75, 3.05) is 20.1 Å². The van der Waals surface area contributed by atoms with Crippen LogP contribution in [0.4, 0.5) is 0 Å². The number of nitrogens with one attached hydrogen (secondary N) is 1. The van der Waals surface area contributed by atoms with Crippen molar-refractivity contribution in [2.24, 2.45) is 0 Å². The number of aromatic nitrogens is 2. The fourth-order valence-electron chi connectivity index (χ4n) is 2.80. The molecule has 0 spiro atoms. The van der Waals surface area contributed by atoms with Crippen molar-refractivity contribution in [3.8, 4) is 0 Å². The van der Waals surface area contributed by atoms with Crippen LogP contribution in [0.1, 0.15) is 18.5 Å². The Balaban J connectivity index is 1.84. The van der Waals surface area contributed by atoms with Gasteiger partial charge in [0.2, 0.25) is 0 Å². The summed E-state index contributed by atoms with van der Waals surface area (Å²) in [5.41, 5.74) is 1.35. The van der Waals surface area contributed by atoms with Crippen LogP contribution in [0.3, 0.4) is 0 Å². The number of pyridine rings is 1. The Morgan fingerprint density at radius 1 is 1.52 bits per heavy atom. The zero-order valence-electron chi connectivity index (χ0n) is 12.1. The summed E-state index contributed by atoms with van der Waals surface area (Å²) in [7, 11) is 2.09. The molecule has 0 aliphatic carbocycles. The number of piperidine rings is 1. The zero-order chi connectivity index (χ0) is 14.8. The standard InChI is InChI=1S/C15H19ClN4O/c1-19(13-3-2-6-17-8-13)10-12-7-15(21)20-9-11(16)4-5-14(20)18-12/h4-5,7,9,13,17H,2-3,6,8,10H2,1H3. The first kappa shape index (κ1) is 14.5. The summed E-state index contributed by atoms with van der Waals surface area (Å²) in [6, 6.07) is 5.62. The number of likely N-dealkylation sites (N-methyl/N-ethyl adjacent to an activating group) is 1. The van der Waals surface area contributed by atoms with Gasteiger partial charge in [-0.15, -0.1) is 0 Å². The Labute approximate surface area is 128 Å². The highest BCUT2D eigenvalue weighted by Gasteiger charge is 2.18. The maximum atomic E-state index is 12.1. The van der Waals surface area contributed by atoms with Crippen molar-refractivity contribution < 1.29 is 0 Å². The highest BCUT2D eigenvalue weighted by Crippen LogP contribution is 2.12. The second-order valence-electron chi connectivity index (χ2n) is 5.58. The van der Waals surface area contributed by atoms with Crippen LogP contribution >= 0.6 is 11.6 Å². The van der Waals surface area contributed by atoms with Crippen LogP contribution in [0.15, 0.2) is 29.2 Å². The minimum Gasteiger partial charge on any atom is -0.315 e. The average molecular weight is 307 g/mol. The number of rotatable bonds is 3. The molecule has 1 saturated heterocycles.